The van der Waals surface area contributed by atoms with E-state index in [9.17, 15) is 22.0 Å². The highest BCUT2D eigenvalue weighted by molar-refractivity contribution is 7.89. The van der Waals surface area contributed by atoms with Gasteiger partial charge in [0.15, 0.2) is 0 Å². The van der Waals surface area contributed by atoms with Gasteiger partial charge in [-0.3, -0.25) is 4.79 Å². The largest absolute Gasteiger partial charge is 0.433 e. The zero-order valence-corrected chi connectivity index (χ0v) is 17.9. The van der Waals surface area contributed by atoms with Crippen molar-refractivity contribution in [1.29, 1.82) is 0 Å². The Morgan fingerprint density at radius 2 is 1.84 bits per heavy atom. The standard InChI is InChI=1S/C21H25F2N3O4S/c1-15-9-10-16(13-19(15)31(28,29)26-11-5-2-6-12-26)24-14-20(27)25-17-7-3-4-8-18(17)30-21(22)23/h3-4,7-10,13,21,24H,2,5-6,11-12,14H2,1H3,(H,25,27). The summed E-state index contributed by atoms with van der Waals surface area (Å²) < 4.78 is 56.9. The van der Waals surface area contributed by atoms with Gasteiger partial charge in [0.2, 0.25) is 15.9 Å². The SMILES string of the molecule is Cc1ccc(NCC(=O)Nc2ccccc2OC(F)F)cc1S(=O)(=O)N1CCCCC1. The number of nitrogens with zero attached hydrogens (tertiary/aromatic N) is 1. The molecule has 1 fully saturated rings. The van der Waals surface area contributed by atoms with Gasteiger partial charge >= 0.3 is 6.61 Å². The first-order valence-corrected chi connectivity index (χ1v) is 11.4. The normalized spacial score (nSPS) is 15.0. The van der Waals surface area contributed by atoms with E-state index in [1.165, 1.54) is 28.6 Å². The van der Waals surface area contributed by atoms with Crippen LogP contribution in [0.2, 0.25) is 0 Å². The van der Waals surface area contributed by atoms with Crippen molar-refractivity contribution in [2.45, 2.75) is 37.7 Å². The lowest BCUT2D eigenvalue weighted by Crippen LogP contribution is -2.36. The summed E-state index contributed by atoms with van der Waals surface area (Å²) in [6.07, 6.45) is 2.70. The smallest absolute Gasteiger partial charge is 0.387 e. The lowest BCUT2D eigenvalue weighted by Gasteiger charge is -2.26. The monoisotopic (exact) mass is 453 g/mol. The Hall–Kier alpha value is -2.72. The molecule has 0 aliphatic carbocycles. The van der Waals surface area contributed by atoms with E-state index in [-0.39, 0.29) is 22.9 Å². The molecule has 0 atom stereocenters. The van der Waals surface area contributed by atoms with E-state index in [2.05, 4.69) is 15.4 Å². The van der Waals surface area contributed by atoms with Crippen LogP contribution < -0.4 is 15.4 Å². The van der Waals surface area contributed by atoms with Crippen LogP contribution in [-0.4, -0.2) is 44.9 Å². The molecule has 7 nitrogen and oxygen atoms in total. The van der Waals surface area contributed by atoms with Crippen LogP contribution in [0.3, 0.4) is 0 Å². The van der Waals surface area contributed by atoms with Crippen LogP contribution in [0, 0.1) is 6.92 Å². The number of amides is 1. The molecule has 2 aromatic carbocycles. The molecule has 2 N–H and O–H groups in total. The van der Waals surface area contributed by atoms with Gasteiger partial charge in [-0.05, 0) is 49.6 Å². The molecule has 1 aliphatic heterocycles. The minimum absolute atomic E-state index is 0.117. The number of alkyl halides is 2. The summed E-state index contributed by atoms with van der Waals surface area (Å²) >= 11 is 0. The van der Waals surface area contributed by atoms with Crippen LogP contribution in [0.1, 0.15) is 24.8 Å². The summed E-state index contributed by atoms with van der Waals surface area (Å²) in [4.78, 5) is 12.5. The molecule has 1 saturated heterocycles. The van der Waals surface area contributed by atoms with Gasteiger partial charge in [0.1, 0.15) is 5.75 Å². The maximum absolute atomic E-state index is 13.0. The topological polar surface area (TPSA) is 87.7 Å². The van der Waals surface area contributed by atoms with Gasteiger partial charge in [-0.2, -0.15) is 13.1 Å². The van der Waals surface area contributed by atoms with E-state index in [1.54, 1.807) is 25.1 Å². The summed E-state index contributed by atoms with van der Waals surface area (Å²) in [7, 11) is -3.61. The predicted molar refractivity (Wildman–Crippen MR) is 114 cm³/mol. The van der Waals surface area contributed by atoms with Crippen molar-refractivity contribution in [3.05, 3.63) is 48.0 Å². The van der Waals surface area contributed by atoms with Crippen molar-refractivity contribution in [3.8, 4) is 5.75 Å². The van der Waals surface area contributed by atoms with E-state index >= 15 is 0 Å². The molecule has 0 spiro atoms. The van der Waals surface area contributed by atoms with E-state index < -0.39 is 22.5 Å². The third-order valence-electron chi connectivity index (χ3n) is 4.95. The maximum Gasteiger partial charge on any atom is 0.387 e. The zero-order valence-electron chi connectivity index (χ0n) is 17.1. The number of carbonyl (C=O) groups excluding carboxylic acids is 1. The minimum Gasteiger partial charge on any atom is -0.433 e. The highest BCUT2D eigenvalue weighted by atomic mass is 32.2. The van der Waals surface area contributed by atoms with Gasteiger partial charge in [0.25, 0.3) is 0 Å². The Labute approximate surface area is 180 Å². The predicted octanol–water partition coefficient (Wildman–Crippen LogP) is 3.82. The van der Waals surface area contributed by atoms with E-state index in [4.69, 9.17) is 0 Å². The van der Waals surface area contributed by atoms with Gasteiger partial charge in [-0.25, -0.2) is 8.42 Å². The Kier molecular flexibility index (Phi) is 7.45. The lowest BCUT2D eigenvalue weighted by atomic mass is 10.2. The second kappa shape index (κ2) is 10.1. The van der Waals surface area contributed by atoms with Crippen LogP contribution in [0.15, 0.2) is 47.4 Å². The molecule has 1 heterocycles. The van der Waals surface area contributed by atoms with Crippen LogP contribution in [0.25, 0.3) is 0 Å². The lowest BCUT2D eigenvalue weighted by molar-refractivity contribution is -0.114. The summed E-state index contributed by atoms with van der Waals surface area (Å²) in [5.74, 6) is -0.637. The molecule has 31 heavy (non-hydrogen) atoms. The summed E-state index contributed by atoms with van der Waals surface area (Å²) in [5, 5.41) is 5.39. The first kappa shape index (κ1) is 23.0. The first-order chi connectivity index (χ1) is 14.8. The molecular formula is C21H25F2N3O4S. The van der Waals surface area contributed by atoms with Crippen LogP contribution >= 0.6 is 0 Å². The number of halogens is 2. The van der Waals surface area contributed by atoms with Crippen molar-refractivity contribution in [2.75, 3.05) is 30.3 Å². The number of sulfonamides is 1. The van der Waals surface area contributed by atoms with Crippen LogP contribution in [-0.2, 0) is 14.8 Å². The molecule has 0 radical (unpaired) electrons. The number of benzene rings is 2. The Morgan fingerprint density at radius 3 is 2.55 bits per heavy atom. The fourth-order valence-corrected chi connectivity index (χ4v) is 5.15. The molecular weight excluding hydrogens is 428 g/mol. The molecule has 0 bridgehead atoms. The minimum atomic E-state index is -3.61. The molecule has 3 rings (SSSR count). The van der Waals surface area contributed by atoms with Crippen molar-refractivity contribution < 1.29 is 26.7 Å². The van der Waals surface area contributed by atoms with Crippen molar-refractivity contribution in [3.63, 3.8) is 0 Å². The molecule has 168 valence electrons. The molecule has 0 unspecified atom stereocenters. The Morgan fingerprint density at radius 1 is 1.13 bits per heavy atom. The quantitative estimate of drug-likeness (QED) is 0.635. The van der Waals surface area contributed by atoms with E-state index in [1.807, 2.05) is 0 Å². The highest BCUT2D eigenvalue weighted by Gasteiger charge is 2.27. The summed E-state index contributed by atoms with van der Waals surface area (Å²) in [6.45, 7) is -0.462. The number of hydrogen-bond donors (Lipinski definition) is 2. The number of nitrogens with one attached hydrogen (secondary N) is 2. The number of hydrogen-bond acceptors (Lipinski definition) is 5. The number of carbonyl (C=O) groups is 1. The molecule has 1 aliphatic rings. The van der Waals surface area contributed by atoms with Gasteiger partial charge in [-0.1, -0.05) is 24.6 Å². The number of anilines is 2. The maximum atomic E-state index is 13.0. The molecule has 1 amide bonds. The van der Waals surface area contributed by atoms with Crippen LogP contribution in [0.4, 0.5) is 20.2 Å². The van der Waals surface area contributed by atoms with Gasteiger partial charge < -0.3 is 15.4 Å². The number of aryl methyl sites for hydroxylation is 1. The molecule has 0 saturated carbocycles. The fourth-order valence-electron chi connectivity index (χ4n) is 3.38. The number of piperidine rings is 1. The average Bonchev–Trinajstić information content (AvgIpc) is 2.74. The van der Waals surface area contributed by atoms with Crippen molar-refractivity contribution in [1.82, 2.24) is 4.31 Å². The highest BCUT2D eigenvalue weighted by Crippen LogP contribution is 2.27. The van der Waals surface area contributed by atoms with Gasteiger partial charge in [0, 0.05) is 18.8 Å². The average molecular weight is 454 g/mol. The van der Waals surface area contributed by atoms with Crippen molar-refractivity contribution >= 4 is 27.3 Å². The number of rotatable bonds is 8. The molecule has 0 aromatic heterocycles. The number of ether oxygens (including phenoxy) is 1. The third kappa shape index (κ3) is 5.92. The Bertz CT molecular complexity index is 1030. The van der Waals surface area contributed by atoms with E-state index in [0.717, 1.165) is 19.3 Å². The van der Waals surface area contributed by atoms with Crippen molar-refractivity contribution in [2.24, 2.45) is 0 Å². The van der Waals surface area contributed by atoms with Gasteiger partial charge in [0.05, 0.1) is 17.1 Å². The van der Waals surface area contributed by atoms with Gasteiger partial charge in [-0.15, -0.1) is 0 Å². The molecule has 2 aromatic rings. The third-order valence-corrected chi connectivity index (χ3v) is 6.99. The zero-order chi connectivity index (χ0) is 22.4. The number of para-hydroxylation sites is 2. The Balaban J connectivity index is 1.67. The van der Waals surface area contributed by atoms with Crippen LogP contribution in [0.5, 0.6) is 5.75 Å². The second-order valence-electron chi connectivity index (χ2n) is 7.22. The van der Waals surface area contributed by atoms with E-state index in [0.29, 0.717) is 24.3 Å². The first-order valence-electron chi connectivity index (χ1n) is 9.96. The second-order valence-corrected chi connectivity index (χ2v) is 9.13. The molecule has 10 heteroatoms. The fraction of sp³-hybridized carbons (Fsp3) is 0.381. The summed E-state index contributed by atoms with van der Waals surface area (Å²) in [6, 6.07) is 10.8. The summed E-state index contributed by atoms with van der Waals surface area (Å²) in [5.41, 5.74) is 1.21.